The Hall–Kier alpha value is -1.40. The zero-order valence-electron chi connectivity index (χ0n) is 13.7. The van der Waals surface area contributed by atoms with Crippen LogP contribution in [-0.2, 0) is 4.79 Å². The average molecular weight is 325 g/mol. The van der Waals surface area contributed by atoms with E-state index in [0.717, 1.165) is 30.8 Å². The van der Waals surface area contributed by atoms with Crippen LogP contribution in [0.5, 0.6) is 11.5 Å². The van der Waals surface area contributed by atoms with Crippen LogP contribution in [0.15, 0.2) is 18.2 Å². The Morgan fingerprint density at radius 1 is 1.32 bits per heavy atom. The van der Waals surface area contributed by atoms with E-state index in [1.54, 1.807) is 26.0 Å². The molecule has 1 fully saturated rings. The van der Waals surface area contributed by atoms with Crippen LogP contribution in [0, 0.1) is 0 Å². The fraction of sp³-hybridized carbons (Fsp3) is 0.562. The van der Waals surface area contributed by atoms with Gasteiger partial charge >= 0.3 is 0 Å². The summed E-state index contributed by atoms with van der Waals surface area (Å²) in [4.78, 5) is 15.6. The van der Waals surface area contributed by atoms with Crippen LogP contribution in [0.3, 0.4) is 0 Å². The molecule has 1 heterocycles. The summed E-state index contributed by atoms with van der Waals surface area (Å²) in [5.74, 6) is 2.09. The Balaban J connectivity index is 2.18. The van der Waals surface area contributed by atoms with Gasteiger partial charge in [0, 0.05) is 6.07 Å². The predicted molar refractivity (Wildman–Crippen MR) is 90.2 cm³/mol. The number of amides is 1. The maximum Gasteiger partial charge on any atom is 0.238 e. The molecule has 5 nitrogen and oxygen atoms in total. The SMILES string of the molecule is COc1ccc(N2C(=O)CSC2CCC[NH+](C)C)c(OC)c1. The fourth-order valence-corrected chi connectivity index (χ4v) is 3.78. The van der Waals surface area contributed by atoms with Crippen molar-refractivity contribution in [2.75, 3.05) is 45.5 Å². The largest absolute Gasteiger partial charge is 0.497 e. The second-order valence-corrected chi connectivity index (χ2v) is 6.83. The number of anilines is 1. The minimum Gasteiger partial charge on any atom is -0.497 e. The van der Waals surface area contributed by atoms with Crippen molar-refractivity contribution in [2.45, 2.75) is 18.2 Å². The Morgan fingerprint density at radius 2 is 2.09 bits per heavy atom. The molecule has 1 aliphatic heterocycles. The molecule has 0 aliphatic carbocycles. The lowest BCUT2D eigenvalue weighted by Gasteiger charge is -2.26. The number of nitrogens with one attached hydrogen (secondary N) is 1. The molecule has 122 valence electrons. The highest BCUT2D eigenvalue weighted by molar-refractivity contribution is 8.01. The molecule has 1 aromatic rings. The second kappa shape index (κ2) is 7.74. The van der Waals surface area contributed by atoms with Gasteiger partial charge in [0.25, 0.3) is 0 Å². The average Bonchev–Trinajstić information content (AvgIpc) is 2.87. The van der Waals surface area contributed by atoms with E-state index in [2.05, 4.69) is 14.1 Å². The molecule has 1 unspecified atom stereocenters. The van der Waals surface area contributed by atoms with Crippen molar-refractivity contribution in [1.29, 1.82) is 0 Å². The number of hydrogen-bond donors (Lipinski definition) is 1. The molecule has 1 aliphatic rings. The molecule has 2 rings (SSSR count). The lowest BCUT2D eigenvalue weighted by molar-refractivity contribution is -0.858. The van der Waals surface area contributed by atoms with Crippen LogP contribution >= 0.6 is 11.8 Å². The first-order valence-electron chi connectivity index (χ1n) is 7.51. The standard InChI is InChI=1S/C16H24N2O3S/c1-17(2)9-5-6-16-18(15(19)11-22-16)13-8-7-12(20-3)10-14(13)21-4/h7-8,10,16H,5-6,9,11H2,1-4H3/p+1. The smallest absolute Gasteiger partial charge is 0.238 e. The van der Waals surface area contributed by atoms with Gasteiger partial charge in [-0.2, -0.15) is 0 Å². The molecular formula is C16H25N2O3S+. The van der Waals surface area contributed by atoms with Gasteiger partial charge in [0.05, 0.1) is 51.7 Å². The van der Waals surface area contributed by atoms with Gasteiger partial charge in [-0.05, 0) is 25.0 Å². The van der Waals surface area contributed by atoms with Crippen LogP contribution in [-0.4, -0.2) is 51.9 Å². The second-order valence-electron chi connectivity index (χ2n) is 5.67. The third kappa shape index (κ3) is 3.87. The van der Waals surface area contributed by atoms with Crippen LogP contribution in [0.2, 0.25) is 0 Å². The molecule has 0 radical (unpaired) electrons. The van der Waals surface area contributed by atoms with Gasteiger partial charge in [-0.25, -0.2) is 0 Å². The first-order valence-corrected chi connectivity index (χ1v) is 8.56. The molecule has 0 bridgehead atoms. The summed E-state index contributed by atoms with van der Waals surface area (Å²) in [5.41, 5.74) is 0.834. The number of carbonyl (C=O) groups excluding carboxylic acids is 1. The van der Waals surface area contributed by atoms with Gasteiger partial charge in [-0.15, -0.1) is 11.8 Å². The van der Waals surface area contributed by atoms with Gasteiger partial charge in [0.15, 0.2) is 0 Å². The summed E-state index contributed by atoms with van der Waals surface area (Å²) in [7, 11) is 7.54. The van der Waals surface area contributed by atoms with Crippen molar-refractivity contribution in [2.24, 2.45) is 0 Å². The monoisotopic (exact) mass is 325 g/mol. The van der Waals surface area contributed by atoms with E-state index < -0.39 is 0 Å². The van der Waals surface area contributed by atoms with E-state index in [1.807, 2.05) is 23.1 Å². The number of quaternary nitrogens is 1. The van der Waals surface area contributed by atoms with Crippen molar-refractivity contribution >= 4 is 23.4 Å². The predicted octanol–water partition coefficient (Wildman–Crippen LogP) is 1.03. The maximum atomic E-state index is 12.3. The fourth-order valence-electron chi connectivity index (χ4n) is 2.59. The first kappa shape index (κ1) is 17.0. The highest BCUT2D eigenvalue weighted by atomic mass is 32.2. The zero-order chi connectivity index (χ0) is 16.1. The van der Waals surface area contributed by atoms with Crippen molar-refractivity contribution in [3.8, 4) is 11.5 Å². The van der Waals surface area contributed by atoms with E-state index in [1.165, 1.54) is 4.90 Å². The van der Waals surface area contributed by atoms with Crippen molar-refractivity contribution in [3.05, 3.63) is 18.2 Å². The summed E-state index contributed by atoms with van der Waals surface area (Å²) in [6, 6.07) is 5.60. The Bertz CT molecular complexity index is 522. The van der Waals surface area contributed by atoms with E-state index >= 15 is 0 Å². The minimum absolute atomic E-state index is 0.149. The van der Waals surface area contributed by atoms with Crippen molar-refractivity contribution in [1.82, 2.24) is 0 Å². The maximum absolute atomic E-state index is 12.3. The highest BCUT2D eigenvalue weighted by Gasteiger charge is 2.34. The summed E-state index contributed by atoms with van der Waals surface area (Å²) in [6.45, 7) is 1.11. The normalized spacial score (nSPS) is 18.1. The number of rotatable bonds is 7. The summed E-state index contributed by atoms with van der Waals surface area (Å²) < 4.78 is 10.7. The minimum atomic E-state index is 0.149. The summed E-state index contributed by atoms with van der Waals surface area (Å²) >= 11 is 1.71. The number of ether oxygens (including phenoxy) is 2. The molecule has 6 heteroatoms. The summed E-state index contributed by atoms with van der Waals surface area (Å²) in [5, 5.41) is 0.189. The lowest BCUT2D eigenvalue weighted by atomic mass is 10.2. The van der Waals surface area contributed by atoms with Gasteiger partial charge in [-0.3, -0.25) is 9.69 Å². The van der Waals surface area contributed by atoms with Crippen LogP contribution in [0.1, 0.15) is 12.8 Å². The zero-order valence-corrected chi connectivity index (χ0v) is 14.5. The molecule has 1 aromatic carbocycles. The number of benzene rings is 1. The van der Waals surface area contributed by atoms with Crippen LogP contribution < -0.4 is 19.3 Å². The molecular weight excluding hydrogens is 300 g/mol. The van der Waals surface area contributed by atoms with E-state index in [0.29, 0.717) is 11.5 Å². The first-order chi connectivity index (χ1) is 10.6. The quantitative estimate of drug-likeness (QED) is 0.813. The Morgan fingerprint density at radius 3 is 2.73 bits per heavy atom. The number of thioether (sulfide) groups is 1. The molecule has 0 spiro atoms. The van der Waals surface area contributed by atoms with Gasteiger partial charge in [-0.1, -0.05) is 0 Å². The van der Waals surface area contributed by atoms with Gasteiger partial charge < -0.3 is 14.4 Å². The molecule has 22 heavy (non-hydrogen) atoms. The van der Waals surface area contributed by atoms with E-state index in [4.69, 9.17) is 9.47 Å². The molecule has 1 amide bonds. The Kier molecular flexibility index (Phi) is 5.97. The van der Waals surface area contributed by atoms with E-state index in [-0.39, 0.29) is 11.3 Å². The number of nitrogens with zero attached hydrogens (tertiary/aromatic N) is 1. The van der Waals surface area contributed by atoms with Crippen LogP contribution in [0.25, 0.3) is 0 Å². The van der Waals surface area contributed by atoms with Gasteiger partial charge in [0.2, 0.25) is 5.91 Å². The molecule has 1 atom stereocenters. The van der Waals surface area contributed by atoms with Crippen LogP contribution in [0.4, 0.5) is 5.69 Å². The van der Waals surface area contributed by atoms with Crippen molar-refractivity contribution in [3.63, 3.8) is 0 Å². The molecule has 0 aromatic heterocycles. The third-order valence-electron chi connectivity index (χ3n) is 3.73. The van der Waals surface area contributed by atoms with Gasteiger partial charge in [0.1, 0.15) is 11.5 Å². The third-order valence-corrected chi connectivity index (χ3v) is 4.98. The lowest BCUT2D eigenvalue weighted by Crippen LogP contribution is -3.05. The van der Waals surface area contributed by atoms with Crippen molar-refractivity contribution < 1.29 is 19.2 Å². The number of methoxy groups -OCH3 is 2. The van der Waals surface area contributed by atoms with E-state index in [9.17, 15) is 4.79 Å². The number of hydrogen-bond acceptors (Lipinski definition) is 4. The summed E-state index contributed by atoms with van der Waals surface area (Å²) in [6.07, 6.45) is 2.10. The topological polar surface area (TPSA) is 43.2 Å². The molecule has 1 N–H and O–H groups in total. The molecule has 0 saturated carbocycles. The number of carbonyl (C=O) groups is 1. The highest BCUT2D eigenvalue weighted by Crippen LogP contribution is 2.39. The Labute approximate surface area is 136 Å². The molecule has 1 saturated heterocycles.